The first-order valence-electron chi connectivity index (χ1n) is 3.42. The highest BCUT2D eigenvalue weighted by Crippen LogP contribution is 2.15. The molecule has 2 aromatic rings. The molecule has 0 bridgehead atoms. The van der Waals surface area contributed by atoms with Gasteiger partial charge >= 0.3 is 0 Å². The van der Waals surface area contributed by atoms with E-state index in [-0.39, 0.29) is 10.7 Å². The Balaban J connectivity index is 2.14. The Morgan fingerprint density at radius 2 is 2.36 bits per heavy atom. The molecule has 9 heteroatoms. The highest BCUT2D eigenvalue weighted by atomic mass is 32.1. The summed E-state index contributed by atoms with van der Waals surface area (Å²) in [7, 11) is 0. The maximum atomic E-state index is 11.4. The standard InChI is InChI=1S/C5H4N6OS2/c6-3-2(9-11-14-3)4(12)8-5-10-7-1-13-5/h1H,6H2,(H,8,10,12). The largest absolute Gasteiger partial charge is 0.387 e. The summed E-state index contributed by atoms with van der Waals surface area (Å²) >= 11 is 2.18. The fraction of sp³-hybridized carbons (Fsp3) is 0. The Bertz CT molecular complexity index is 437. The van der Waals surface area contributed by atoms with Crippen LogP contribution in [0.3, 0.4) is 0 Å². The van der Waals surface area contributed by atoms with Crippen LogP contribution in [-0.2, 0) is 0 Å². The summed E-state index contributed by atoms with van der Waals surface area (Å²) in [6.07, 6.45) is 0. The van der Waals surface area contributed by atoms with Crippen LogP contribution in [0.2, 0.25) is 0 Å². The van der Waals surface area contributed by atoms with Crippen LogP contribution >= 0.6 is 22.9 Å². The average Bonchev–Trinajstić information content (AvgIpc) is 2.75. The molecule has 0 atom stereocenters. The first-order valence-corrected chi connectivity index (χ1v) is 5.08. The topological polar surface area (TPSA) is 107 Å². The van der Waals surface area contributed by atoms with E-state index in [2.05, 4.69) is 25.1 Å². The maximum absolute atomic E-state index is 11.4. The Kier molecular flexibility index (Phi) is 2.33. The zero-order valence-corrected chi connectivity index (χ0v) is 8.30. The third kappa shape index (κ3) is 1.67. The molecule has 1 amide bonds. The van der Waals surface area contributed by atoms with Gasteiger partial charge in [-0.3, -0.25) is 10.1 Å². The highest BCUT2D eigenvalue weighted by Gasteiger charge is 2.15. The first kappa shape index (κ1) is 8.97. The molecule has 0 aliphatic carbocycles. The highest BCUT2D eigenvalue weighted by molar-refractivity contribution is 7.13. The molecule has 0 aliphatic heterocycles. The SMILES string of the molecule is Nc1snnc1C(=O)Nc1nncs1. The predicted octanol–water partition coefficient (Wildman–Crippen LogP) is 0.224. The second kappa shape index (κ2) is 3.64. The van der Waals surface area contributed by atoms with Crippen LogP contribution in [0.25, 0.3) is 0 Å². The minimum absolute atomic E-state index is 0.116. The summed E-state index contributed by atoms with van der Waals surface area (Å²) < 4.78 is 3.55. The Morgan fingerprint density at radius 1 is 1.50 bits per heavy atom. The van der Waals surface area contributed by atoms with Crippen LogP contribution in [0, 0.1) is 0 Å². The smallest absolute Gasteiger partial charge is 0.281 e. The van der Waals surface area contributed by atoms with Gasteiger partial charge in [0.25, 0.3) is 5.91 Å². The molecule has 72 valence electrons. The van der Waals surface area contributed by atoms with Crippen molar-refractivity contribution < 1.29 is 4.79 Å². The molecule has 0 radical (unpaired) electrons. The molecule has 3 N–H and O–H groups in total. The van der Waals surface area contributed by atoms with E-state index in [1.807, 2.05) is 0 Å². The molecule has 0 aliphatic rings. The van der Waals surface area contributed by atoms with Crippen LogP contribution < -0.4 is 11.1 Å². The van der Waals surface area contributed by atoms with Crippen molar-refractivity contribution in [2.45, 2.75) is 0 Å². The van der Waals surface area contributed by atoms with Gasteiger partial charge in [-0.2, -0.15) is 0 Å². The number of nitrogen functional groups attached to an aromatic ring is 1. The van der Waals surface area contributed by atoms with E-state index in [1.54, 1.807) is 0 Å². The number of carbonyl (C=O) groups excluding carboxylic acids is 1. The zero-order chi connectivity index (χ0) is 9.97. The van der Waals surface area contributed by atoms with Gasteiger partial charge in [-0.25, -0.2) is 0 Å². The quantitative estimate of drug-likeness (QED) is 0.761. The van der Waals surface area contributed by atoms with Gasteiger partial charge in [-0.1, -0.05) is 15.8 Å². The van der Waals surface area contributed by atoms with E-state index < -0.39 is 5.91 Å². The number of anilines is 2. The Labute approximate surface area is 86.1 Å². The zero-order valence-electron chi connectivity index (χ0n) is 6.67. The summed E-state index contributed by atoms with van der Waals surface area (Å²) in [5.74, 6) is -0.423. The van der Waals surface area contributed by atoms with Gasteiger partial charge in [-0.05, 0) is 0 Å². The summed E-state index contributed by atoms with van der Waals surface area (Å²) in [5.41, 5.74) is 7.10. The molecular formula is C5H4N6OS2. The van der Waals surface area contributed by atoms with Crippen molar-refractivity contribution in [3.05, 3.63) is 11.2 Å². The molecule has 2 rings (SSSR count). The van der Waals surface area contributed by atoms with Crippen molar-refractivity contribution in [1.29, 1.82) is 0 Å². The van der Waals surface area contributed by atoms with Crippen LogP contribution in [-0.4, -0.2) is 25.7 Å². The Morgan fingerprint density at radius 3 is 2.93 bits per heavy atom. The minimum Gasteiger partial charge on any atom is -0.387 e. The number of amides is 1. The Hall–Kier alpha value is -1.61. The third-order valence-electron chi connectivity index (χ3n) is 1.31. The van der Waals surface area contributed by atoms with E-state index in [9.17, 15) is 4.79 Å². The number of hydrogen-bond acceptors (Lipinski definition) is 8. The monoisotopic (exact) mass is 228 g/mol. The van der Waals surface area contributed by atoms with Gasteiger partial charge in [-0.15, -0.1) is 15.3 Å². The lowest BCUT2D eigenvalue weighted by molar-refractivity contribution is 0.102. The van der Waals surface area contributed by atoms with Gasteiger partial charge in [0.1, 0.15) is 10.5 Å². The lowest BCUT2D eigenvalue weighted by Crippen LogP contribution is -2.13. The number of nitrogens with one attached hydrogen (secondary N) is 1. The van der Waals surface area contributed by atoms with Gasteiger partial charge in [0.15, 0.2) is 5.69 Å². The third-order valence-corrected chi connectivity index (χ3v) is 2.47. The molecule has 7 nitrogen and oxygen atoms in total. The van der Waals surface area contributed by atoms with E-state index in [0.717, 1.165) is 11.5 Å². The summed E-state index contributed by atoms with van der Waals surface area (Å²) in [6, 6.07) is 0. The van der Waals surface area contributed by atoms with Gasteiger partial charge in [0.05, 0.1) is 0 Å². The van der Waals surface area contributed by atoms with Crippen LogP contribution in [0.1, 0.15) is 10.5 Å². The van der Waals surface area contributed by atoms with Gasteiger partial charge in [0, 0.05) is 11.5 Å². The number of hydrogen-bond donors (Lipinski definition) is 2. The lowest BCUT2D eigenvalue weighted by Gasteiger charge is -1.96. The van der Waals surface area contributed by atoms with Crippen LogP contribution in [0.15, 0.2) is 5.51 Å². The molecule has 2 heterocycles. The fourth-order valence-corrected chi connectivity index (χ4v) is 1.61. The number of nitrogens with two attached hydrogens (primary N) is 1. The molecule has 0 saturated heterocycles. The molecule has 0 unspecified atom stereocenters. The first-order chi connectivity index (χ1) is 6.77. The van der Waals surface area contributed by atoms with E-state index >= 15 is 0 Å². The molecular weight excluding hydrogens is 224 g/mol. The van der Waals surface area contributed by atoms with Crippen molar-refractivity contribution in [3.63, 3.8) is 0 Å². The summed E-state index contributed by atoms with van der Waals surface area (Å²) in [4.78, 5) is 11.4. The molecule has 0 spiro atoms. The number of rotatable bonds is 2. The van der Waals surface area contributed by atoms with Gasteiger partial charge in [0.2, 0.25) is 5.13 Å². The normalized spacial score (nSPS) is 10.0. The predicted molar refractivity (Wildman–Crippen MR) is 52.2 cm³/mol. The maximum Gasteiger partial charge on any atom is 0.281 e. The number of carbonyl (C=O) groups is 1. The lowest BCUT2D eigenvalue weighted by atomic mass is 10.4. The van der Waals surface area contributed by atoms with Crippen molar-refractivity contribution in [3.8, 4) is 0 Å². The summed E-state index contributed by atoms with van der Waals surface area (Å²) in [6.45, 7) is 0. The van der Waals surface area contributed by atoms with Crippen LogP contribution in [0.5, 0.6) is 0 Å². The molecule has 0 saturated carbocycles. The van der Waals surface area contributed by atoms with E-state index in [1.165, 1.54) is 16.8 Å². The van der Waals surface area contributed by atoms with Crippen molar-refractivity contribution >= 4 is 38.9 Å². The van der Waals surface area contributed by atoms with E-state index in [0.29, 0.717) is 5.13 Å². The minimum atomic E-state index is -0.423. The fourth-order valence-electron chi connectivity index (χ4n) is 0.739. The van der Waals surface area contributed by atoms with E-state index in [4.69, 9.17) is 5.73 Å². The second-order valence-corrected chi connectivity index (χ2v) is 3.80. The average molecular weight is 228 g/mol. The van der Waals surface area contributed by atoms with Crippen molar-refractivity contribution in [2.75, 3.05) is 11.1 Å². The molecule has 14 heavy (non-hydrogen) atoms. The number of nitrogens with zero attached hydrogens (tertiary/aromatic N) is 4. The van der Waals surface area contributed by atoms with Crippen molar-refractivity contribution in [1.82, 2.24) is 19.8 Å². The van der Waals surface area contributed by atoms with Gasteiger partial charge < -0.3 is 5.73 Å². The van der Waals surface area contributed by atoms with Crippen molar-refractivity contribution in [2.24, 2.45) is 0 Å². The summed E-state index contributed by atoms with van der Waals surface area (Å²) in [5, 5.41) is 14.0. The second-order valence-electron chi connectivity index (χ2n) is 2.18. The molecule has 2 aromatic heterocycles. The molecule has 0 aromatic carbocycles. The molecule has 0 fully saturated rings. The number of aromatic nitrogens is 4. The van der Waals surface area contributed by atoms with Crippen LogP contribution in [0.4, 0.5) is 10.1 Å².